The zero-order valence-electron chi connectivity index (χ0n) is 15.2. The van der Waals surface area contributed by atoms with Crippen LogP contribution in [0.5, 0.6) is 0 Å². The van der Waals surface area contributed by atoms with Crippen LogP contribution in [-0.4, -0.2) is 58.8 Å². The van der Waals surface area contributed by atoms with E-state index < -0.39 is 29.6 Å². The summed E-state index contributed by atoms with van der Waals surface area (Å²) in [6.45, 7) is 4.05. The average molecular weight is 401 g/mol. The summed E-state index contributed by atoms with van der Waals surface area (Å²) in [5.74, 6) is 0.907. The maximum absolute atomic E-state index is 11.7. The molecule has 11 nitrogen and oxygen atoms in total. The van der Waals surface area contributed by atoms with Gasteiger partial charge in [0, 0.05) is 35.4 Å². The molecule has 2 heterocycles. The van der Waals surface area contributed by atoms with Gasteiger partial charge in [-0.2, -0.15) is 12.6 Å². The maximum Gasteiger partial charge on any atom is 0.330 e. The molecule has 0 amide bonds. The van der Waals surface area contributed by atoms with Gasteiger partial charge in [0.1, 0.15) is 6.23 Å². The van der Waals surface area contributed by atoms with Gasteiger partial charge in [-0.05, 0) is 32.0 Å². The van der Waals surface area contributed by atoms with Crippen molar-refractivity contribution in [1.82, 2.24) is 14.9 Å². The smallest absolute Gasteiger partial charge is 0.330 e. The van der Waals surface area contributed by atoms with Gasteiger partial charge in [0.25, 0.3) is 5.56 Å². The van der Waals surface area contributed by atoms with Crippen molar-refractivity contribution in [2.24, 2.45) is 10.8 Å². The van der Waals surface area contributed by atoms with Gasteiger partial charge in [-0.25, -0.2) is 4.79 Å². The van der Waals surface area contributed by atoms with Gasteiger partial charge in [0.05, 0.1) is 18.8 Å². The van der Waals surface area contributed by atoms with Crippen LogP contribution in [0.1, 0.15) is 24.6 Å². The van der Waals surface area contributed by atoms with E-state index >= 15 is 0 Å². The molecule has 1 saturated heterocycles. The van der Waals surface area contributed by atoms with E-state index in [-0.39, 0.29) is 13.0 Å². The number of aliphatic hydroxyl groups excluding tert-OH is 1. The molecule has 0 saturated carbocycles. The van der Waals surface area contributed by atoms with E-state index in [1.807, 2.05) is 0 Å². The quantitative estimate of drug-likeness (QED) is 0.131. The Balaban J connectivity index is 0.000000387. The Morgan fingerprint density at radius 3 is 2.89 bits per heavy atom. The van der Waals surface area contributed by atoms with E-state index in [2.05, 4.69) is 33.0 Å². The molecule has 1 fully saturated rings. The summed E-state index contributed by atoms with van der Waals surface area (Å²) in [6, 6.07) is -0.542. The Labute approximate surface area is 162 Å². The van der Waals surface area contributed by atoms with Gasteiger partial charge in [-0.3, -0.25) is 14.3 Å². The molecular weight excluding hydrogens is 374 g/mol. The zero-order valence-corrected chi connectivity index (χ0v) is 16.1. The minimum Gasteiger partial charge on any atom is -0.394 e. The lowest BCUT2D eigenvalue weighted by Crippen LogP contribution is -2.33. The molecule has 1 aliphatic heterocycles. The van der Waals surface area contributed by atoms with Gasteiger partial charge >= 0.3 is 5.69 Å². The van der Waals surface area contributed by atoms with Crippen LogP contribution in [0.2, 0.25) is 0 Å². The highest BCUT2D eigenvalue weighted by Gasteiger charge is 2.35. The normalized spacial score (nSPS) is 21.3. The Hall–Kier alpha value is -1.82. The Bertz CT molecular complexity index is 726. The summed E-state index contributed by atoms with van der Waals surface area (Å²) in [5, 5.41) is 15.9. The molecule has 1 aliphatic rings. The second kappa shape index (κ2) is 12.5. The number of rotatable bonds is 8. The standard InChI is InChI=1S/C10H13N5O4.C5H14N2S/c1-5-3-15(10(18)12-9(5)17)8-2-6(13-14-11)7(4-16)19-8;6-2-1-3-7-4-5-8/h3,6-8,16H,2,4H2,1H3,(H,12,17,18);7-8H,1-6H2/t6-,7+,8+;/m0./s1. The molecule has 12 heteroatoms. The first-order valence-corrected chi connectivity index (χ1v) is 9.25. The van der Waals surface area contributed by atoms with Gasteiger partial charge in [-0.15, -0.1) is 0 Å². The summed E-state index contributed by atoms with van der Waals surface area (Å²) in [6.07, 6.45) is 1.39. The van der Waals surface area contributed by atoms with Crippen LogP contribution in [0.3, 0.4) is 0 Å². The van der Waals surface area contributed by atoms with E-state index in [1.165, 1.54) is 10.8 Å². The van der Waals surface area contributed by atoms with Crippen LogP contribution in [-0.2, 0) is 4.74 Å². The van der Waals surface area contributed by atoms with Crippen LogP contribution >= 0.6 is 12.6 Å². The number of aliphatic hydroxyl groups is 1. The molecule has 2 rings (SSSR count). The van der Waals surface area contributed by atoms with Crippen LogP contribution < -0.4 is 22.3 Å². The average Bonchev–Trinajstić information content (AvgIpc) is 3.05. The number of hydrogen-bond donors (Lipinski definition) is 5. The van der Waals surface area contributed by atoms with Crippen molar-refractivity contribution in [3.8, 4) is 0 Å². The first-order chi connectivity index (χ1) is 13.0. The molecule has 0 spiro atoms. The second-order valence-corrected chi connectivity index (χ2v) is 6.36. The monoisotopic (exact) mass is 401 g/mol. The number of nitrogens with two attached hydrogens (primary N) is 1. The highest BCUT2D eigenvalue weighted by atomic mass is 32.1. The summed E-state index contributed by atoms with van der Waals surface area (Å²) in [7, 11) is 0. The van der Waals surface area contributed by atoms with E-state index in [0.29, 0.717) is 5.56 Å². The number of aromatic nitrogens is 2. The van der Waals surface area contributed by atoms with Gasteiger partial charge in [0.2, 0.25) is 0 Å². The third-order valence-electron chi connectivity index (χ3n) is 3.89. The van der Waals surface area contributed by atoms with Crippen molar-refractivity contribution in [3.05, 3.63) is 43.0 Å². The molecule has 3 atom stereocenters. The fourth-order valence-corrected chi connectivity index (χ4v) is 2.63. The molecule has 27 heavy (non-hydrogen) atoms. The molecule has 1 aromatic heterocycles. The molecule has 0 aliphatic carbocycles. The van der Waals surface area contributed by atoms with Crippen molar-refractivity contribution in [3.63, 3.8) is 0 Å². The lowest BCUT2D eigenvalue weighted by atomic mass is 10.1. The second-order valence-electron chi connectivity index (χ2n) is 5.91. The summed E-state index contributed by atoms with van der Waals surface area (Å²) < 4.78 is 6.69. The minimum atomic E-state index is -0.671. The van der Waals surface area contributed by atoms with Gasteiger partial charge < -0.3 is 20.9 Å². The van der Waals surface area contributed by atoms with E-state index in [0.717, 1.165) is 31.8 Å². The first-order valence-electron chi connectivity index (χ1n) is 8.62. The van der Waals surface area contributed by atoms with E-state index in [1.54, 1.807) is 6.92 Å². The fourth-order valence-electron chi connectivity index (χ4n) is 2.47. The van der Waals surface area contributed by atoms with Gasteiger partial charge in [0.15, 0.2) is 0 Å². The largest absolute Gasteiger partial charge is 0.394 e. The molecule has 0 radical (unpaired) electrons. The number of nitrogens with zero attached hydrogens (tertiary/aromatic N) is 4. The predicted octanol–water partition coefficient (Wildman–Crippen LogP) is -0.342. The van der Waals surface area contributed by atoms with Crippen molar-refractivity contribution in [2.45, 2.75) is 38.1 Å². The molecule has 152 valence electrons. The topological polar surface area (TPSA) is 171 Å². The van der Waals surface area contributed by atoms with Crippen molar-refractivity contribution in [1.29, 1.82) is 0 Å². The highest BCUT2D eigenvalue weighted by molar-refractivity contribution is 7.80. The summed E-state index contributed by atoms with van der Waals surface area (Å²) in [5.41, 5.74) is 13.0. The molecule has 0 unspecified atom stereocenters. The number of H-pyrrole nitrogens is 1. The zero-order chi connectivity index (χ0) is 20.2. The highest BCUT2D eigenvalue weighted by Crippen LogP contribution is 2.29. The van der Waals surface area contributed by atoms with Crippen LogP contribution in [0.4, 0.5) is 0 Å². The van der Waals surface area contributed by atoms with Crippen LogP contribution in [0, 0.1) is 6.92 Å². The van der Waals surface area contributed by atoms with Crippen molar-refractivity contribution >= 4 is 12.6 Å². The Kier molecular flexibility index (Phi) is 10.8. The van der Waals surface area contributed by atoms with Crippen molar-refractivity contribution < 1.29 is 9.84 Å². The molecule has 5 N–H and O–H groups in total. The minimum absolute atomic E-state index is 0.265. The predicted molar refractivity (Wildman–Crippen MR) is 105 cm³/mol. The maximum atomic E-state index is 11.7. The number of ether oxygens (including phenoxy) is 1. The number of aromatic amines is 1. The molecule has 1 aromatic rings. The van der Waals surface area contributed by atoms with Crippen molar-refractivity contribution in [2.75, 3.05) is 32.0 Å². The number of thiol groups is 1. The summed E-state index contributed by atoms with van der Waals surface area (Å²) in [4.78, 5) is 27.8. The molecular formula is C15H27N7O4S. The van der Waals surface area contributed by atoms with E-state index in [4.69, 9.17) is 21.1 Å². The van der Waals surface area contributed by atoms with Crippen LogP contribution in [0.15, 0.2) is 20.9 Å². The lowest BCUT2D eigenvalue weighted by molar-refractivity contribution is -0.0271. The Morgan fingerprint density at radius 2 is 2.30 bits per heavy atom. The lowest BCUT2D eigenvalue weighted by Gasteiger charge is -2.14. The third kappa shape index (κ3) is 7.37. The van der Waals surface area contributed by atoms with E-state index in [9.17, 15) is 9.59 Å². The SMILES string of the molecule is Cc1cn([C@H]2C[C@H](N=[N+]=[N-])[C@@H](CO)O2)c(=O)[nH]c1=O.NCCCNCCS. The summed E-state index contributed by atoms with van der Waals surface area (Å²) >= 11 is 4.03. The van der Waals surface area contributed by atoms with Crippen LogP contribution in [0.25, 0.3) is 10.4 Å². The third-order valence-corrected chi connectivity index (χ3v) is 4.11. The number of azide groups is 1. The van der Waals surface area contributed by atoms with Gasteiger partial charge in [-0.1, -0.05) is 5.11 Å². The number of nitrogens with one attached hydrogen (secondary N) is 2. The fraction of sp³-hybridized carbons (Fsp3) is 0.733. The Morgan fingerprint density at radius 1 is 1.56 bits per heavy atom. The number of aryl methyl sites for hydroxylation is 1. The molecule has 0 bridgehead atoms. The first kappa shape index (κ1) is 23.2. The molecule has 0 aromatic carbocycles. The number of hydrogen-bond acceptors (Lipinski definition) is 8.